The van der Waals surface area contributed by atoms with Gasteiger partial charge in [-0.1, -0.05) is 34.8 Å². The molecule has 1 aromatic carbocycles. The number of rotatable bonds is 1. The van der Waals surface area contributed by atoms with Crippen LogP contribution in [0.2, 0.25) is 15.1 Å². The topological polar surface area (TPSA) is 41.6 Å². The van der Waals surface area contributed by atoms with E-state index in [0.717, 1.165) is 16.6 Å². The monoisotopic (exact) mass is 297 g/mol. The van der Waals surface area contributed by atoms with Crippen molar-refractivity contribution in [3.63, 3.8) is 0 Å². The molecule has 90 valence electrons. The normalized spacial score (nSPS) is 11.1. The maximum Gasteiger partial charge on any atom is 0.155 e. The van der Waals surface area contributed by atoms with E-state index in [1.807, 2.05) is 12.1 Å². The summed E-state index contributed by atoms with van der Waals surface area (Å²) in [5.74, 6) is 0. The Morgan fingerprint density at radius 2 is 1.78 bits per heavy atom. The summed E-state index contributed by atoms with van der Waals surface area (Å²) in [6, 6.07) is 7.27. The third-order valence-electron chi connectivity index (χ3n) is 2.61. The number of H-pyrrole nitrogens is 1. The van der Waals surface area contributed by atoms with Crippen molar-refractivity contribution in [3.05, 3.63) is 45.5 Å². The summed E-state index contributed by atoms with van der Waals surface area (Å²) in [6.45, 7) is 0. The van der Waals surface area contributed by atoms with Gasteiger partial charge in [-0.05, 0) is 24.3 Å². The van der Waals surface area contributed by atoms with Crippen LogP contribution in [0.15, 0.2) is 30.5 Å². The van der Waals surface area contributed by atoms with E-state index in [1.54, 1.807) is 18.3 Å². The predicted octanol–water partition coefficient (Wildman–Crippen LogP) is 4.59. The van der Waals surface area contributed by atoms with Gasteiger partial charge in [0.1, 0.15) is 0 Å². The van der Waals surface area contributed by atoms with Crippen LogP contribution in [0.5, 0.6) is 0 Å². The molecule has 18 heavy (non-hydrogen) atoms. The molecule has 0 atom stereocenters. The lowest BCUT2D eigenvalue weighted by atomic mass is 10.1. The Balaban J connectivity index is 2.22. The van der Waals surface area contributed by atoms with Gasteiger partial charge in [-0.15, -0.1) is 0 Å². The van der Waals surface area contributed by atoms with Crippen LogP contribution >= 0.6 is 34.8 Å². The number of aromatic nitrogens is 3. The minimum absolute atomic E-state index is 0.336. The molecule has 1 N–H and O–H groups in total. The standard InChI is InChI=1S/C12H6Cl3N3/c13-8-3-2-7(10(14)11(8)15)9-4-1-6-5-16-18-12(6)17-9/h1-5H,(H,16,17,18). The first-order valence-corrected chi connectivity index (χ1v) is 6.24. The zero-order valence-corrected chi connectivity index (χ0v) is 11.2. The van der Waals surface area contributed by atoms with Crippen molar-refractivity contribution < 1.29 is 0 Å². The van der Waals surface area contributed by atoms with Gasteiger partial charge in [0, 0.05) is 10.9 Å². The largest absolute Gasteiger partial charge is 0.261 e. The van der Waals surface area contributed by atoms with Crippen LogP contribution in [0.3, 0.4) is 0 Å². The van der Waals surface area contributed by atoms with E-state index in [9.17, 15) is 0 Å². The summed E-state index contributed by atoms with van der Waals surface area (Å²) in [5, 5.41) is 8.83. The average molecular weight is 299 g/mol. The predicted molar refractivity (Wildman–Crippen MR) is 74.4 cm³/mol. The van der Waals surface area contributed by atoms with Gasteiger partial charge in [0.2, 0.25) is 0 Å². The van der Waals surface area contributed by atoms with Crippen LogP contribution in [-0.2, 0) is 0 Å². The number of nitrogens with zero attached hydrogens (tertiary/aromatic N) is 2. The molecule has 0 aliphatic rings. The van der Waals surface area contributed by atoms with E-state index >= 15 is 0 Å². The van der Waals surface area contributed by atoms with Crippen LogP contribution in [0.1, 0.15) is 0 Å². The number of hydrogen-bond acceptors (Lipinski definition) is 2. The maximum absolute atomic E-state index is 6.18. The molecule has 2 heterocycles. The zero-order valence-electron chi connectivity index (χ0n) is 8.92. The zero-order chi connectivity index (χ0) is 12.7. The summed E-state index contributed by atoms with van der Waals surface area (Å²) in [7, 11) is 0. The highest BCUT2D eigenvalue weighted by molar-refractivity contribution is 6.49. The van der Waals surface area contributed by atoms with Gasteiger partial charge in [-0.2, -0.15) is 5.10 Å². The Kier molecular flexibility index (Phi) is 2.90. The molecule has 0 aliphatic carbocycles. The molecule has 0 saturated heterocycles. The molecule has 0 aliphatic heterocycles. The second kappa shape index (κ2) is 4.43. The summed E-state index contributed by atoms with van der Waals surface area (Å²) < 4.78 is 0. The van der Waals surface area contributed by atoms with Crippen LogP contribution in [-0.4, -0.2) is 15.2 Å². The van der Waals surface area contributed by atoms with Crippen molar-refractivity contribution in [3.8, 4) is 11.3 Å². The van der Waals surface area contributed by atoms with Crippen molar-refractivity contribution in [2.75, 3.05) is 0 Å². The lowest BCUT2D eigenvalue weighted by Gasteiger charge is -2.06. The smallest absolute Gasteiger partial charge is 0.155 e. The molecular formula is C12H6Cl3N3. The number of halogens is 3. The van der Waals surface area contributed by atoms with Crippen molar-refractivity contribution in [1.29, 1.82) is 0 Å². The summed E-state index contributed by atoms with van der Waals surface area (Å²) in [4.78, 5) is 4.43. The summed E-state index contributed by atoms with van der Waals surface area (Å²) in [6.07, 6.45) is 1.71. The molecule has 3 nitrogen and oxygen atoms in total. The first kappa shape index (κ1) is 11.8. The van der Waals surface area contributed by atoms with Crippen molar-refractivity contribution in [1.82, 2.24) is 15.2 Å². The van der Waals surface area contributed by atoms with Crippen LogP contribution in [0.4, 0.5) is 0 Å². The molecule has 0 bridgehead atoms. The SMILES string of the molecule is Clc1ccc(-c2ccc3cn[nH]c3n2)c(Cl)c1Cl. The van der Waals surface area contributed by atoms with Gasteiger partial charge >= 0.3 is 0 Å². The van der Waals surface area contributed by atoms with E-state index in [0.29, 0.717) is 20.7 Å². The molecule has 2 aromatic heterocycles. The Hall–Kier alpha value is -1.29. The highest BCUT2D eigenvalue weighted by Crippen LogP contribution is 2.37. The third kappa shape index (κ3) is 1.85. The highest BCUT2D eigenvalue weighted by atomic mass is 35.5. The average Bonchev–Trinajstić information content (AvgIpc) is 2.83. The van der Waals surface area contributed by atoms with E-state index < -0.39 is 0 Å². The molecule has 6 heteroatoms. The summed E-state index contributed by atoms with van der Waals surface area (Å²) in [5.41, 5.74) is 2.16. The number of hydrogen-bond donors (Lipinski definition) is 1. The molecule has 0 saturated carbocycles. The fourth-order valence-corrected chi connectivity index (χ4v) is 2.33. The molecule has 0 spiro atoms. The van der Waals surface area contributed by atoms with E-state index in [-0.39, 0.29) is 0 Å². The van der Waals surface area contributed by atoms with Crippen molar-refractivity contribution >= 4 is 45.8 Å². The summed E-state index contributed by atoms with van der Waals surface area (Å²) >= 11 is 18.1. The highest BCUT2D eigenvalue weighted by Gasteiger charge is 2.12. The molecule has 0 radical (unpaired) electrons. The minimum Gasteiger partial charge on any atom is -0.261 e. The number of nitrogens with one attached hydrogen (secondary N) is 1. The molecule has 3 rings (SSSR count). The Bertz CT molecular complexity index is 737. The number of fused-ring (bicyclic) bond motifs is 1. The van der Waals surface area contributed by atoms with Gasteiger partial charge in [0.05, 0.1) is 27.0 Å². The molecule has 0 unspecified atom stereocenters. The lowest BCUT2D eigenvalue weighted by Crippen LogP contribution is -1.87. The quantitative estimate of drug-likeness (QED) is 0.668. The Labute approximate surface area is 118 Å². The molecule has 0 fully saturated rings. The van der Waals surface area contributed by atoms with E-state index in [2.05, 4.69) is 15.2 Å². The van der Waals surface area contributed by atoms with Crippen LogP contribution < -0.4 is 0 Å². The van der Waals surface area contributed by atoms with Gasteiger partial charge < -0.3 is 0 Å². The van der Waals surface area contributed by atoms with E-state index in [4.69, 9.17) is 34.8 Å². The van der Waals surface area contributed by atoms with Gasteiger partial charge in [-0.3, -0.25) is 5.10 Å². The first-order chi connectivity index (χ1) is 8.66. The van der Waals surface area contributed by atoms with Gasteiger partial charge in [-0.25, -0.2) is 4.98 Å². The Morgan fingerprint density at radius 3 is 2.61 bits per heavy atom. The molecule has 3 aromatic rings. The first-order valence-electron chi connectivity index (χ1n) is 5.11. The third-order valence-corrected chi connectivity index (χ3v) is 3.91. The van der Waals surface area contributed by atoms with Crippen LogP contribution in [0, 0.1) is 0 Å². The number of aromatic amines is 1. The fraction of sp³-hybridized carbons (Fsp3) is 0. The second-order valence-electron chi connectivity index (χ2n) is 3.73. The molecule has 0 amide bonds. The lowest BCUT2D eigenvalue weighted by molar-refractivity contribution is 1.10. The van der Waals surface area contributed by atoms with Crippen LogP contribution in [0.25, 0.3) is 22.3 Å². The van der Waals surface area contributed by atoms with Crippen molar-refractivity contribution in [2.45, 2.75) is 0 Å². The van der Waals surface area contributed by atoms with Crippen molar-refractivity contribution in [2.24, 2.45) is 0 Å². The fourth-order valence-electron chi connectivity index (χ4n) is 1.70. The number of benzene rings is 1. The van der Waals surface area contributed by atoms with E-state index in [1.165, 1.54) is 0 Å². The van der Waals surface area contributed by atoms with Gasteiger partial charge in [0.15, 0.2) is 5.65 Å². The second-order valence-corrected chi connectivity index (χ2v) is 4.89. The maximum atomic E-state index is 6.18. The van der Waals surface area contributed by atoms with Gasteiger partial charge in [0.25, 0.3) is 0 Å². The Morgan fingerprint density at radius 1 is 0.944 bits per heavy atom. The number of pyridine rings is 1. The molecular weight excluding hydrogens is 293 g/mol. The minimum atomic E-state index is 0.336.